The molecule has 0 unspecified atom stereocenters. The molecule has 1 aromatic rings. The van der Waals surface area contributed by atoms with Crippen molar-refractivity contribution in [3.63, 3.8) is 0 Å². The van der Waals surface area contributed by atoms with Crippen LogP contribution < -0.4 is 11.1 Å². The standard InChI is InChI=1S/C11H14N2O2/c1-7(14)13-11-3-2-8(4-10(11)12)9-5-15-6-9/h2-4,9H,5-6,12H2,1H3,(H,13,14). The van der Waals surface area contributed by atoms with Gasteiger partial charge < -0.3 is 15.8 Å². The van der Waals surface area contributed by atoms with E-state index in [1.54, 1.807) is 0 Å². The molecule has 1 amide bonds. The fourth-order valence-corrected chi connectivity index (χ4v) is 1.57. The van der Waals surface area contributed by atoms with E-state index in [9.17, 15) is 4.79 Å². The lowest BCUT2D eigenvalue weighted by Gasteiger charge is -2.26. The van der Waals surface area contributed by atoms with Crippen molar-refractivity contribution >= 4 is 17.3 Å². The zero-order chi connectivity index (χ0) is 10.8. The van der Waals surface area contributed by atoms with Gasteiger partial charge in [0.2, 0.25) is 5.91 Å². The van der Waals surface area contributed by atoms with Crippen molar-refractivity contribution in [3.8, 4) is 0 Å². The summed E-state index contributed by atoms with van der Waals surface area (Å²) in [6.07, 6.45) is 0. The van der Waals surface area contributed by atoms with E-state index >= 15 is 0 Å². The molecule has 0 aliphatic carbocycles. The number of carbonyl (C=O) groups is 1. The van der Waals surface area contributed by atoms with Crippen molar-refractivity contribution in [2.24, 2.45) is 0 Å². The number of amides is 1. The molecular formula is C11H14N2O2. The van der Waals surface area contributed by atoms with E-state index in [1.807, 2.05) is 18.2 Å². The van der Waals surface area contributed by atoms with Crippen LogP contribution in [0, 0.1) is 0 Å². The topological polar surface area (TPSA) is 64.3 Å². The summed E-state index contributed by atoms with van der Waals surface area (Å²) in [6.45, 7) is 2.99. The van der Waals surface area contributed by atoms with Gasteiger partial charge in [0.15, 0.2) is 0 Å². The minimum absolute atomic E-state index is 0.110. The average Bonchev–Trinajstić information content (AvgIpc) is 2.06. The van der Waals surface area contributed by atoms with E-state index in [-0.39, 0.29) is 5.91 Å². The van der Waals surface area contributed by atoms with Gasteiger partial charge in [-0.2, -0.15) is 0 Å². The van der Waals surface area contributed by atoms with Crippen LogP contribution in [0.5, 0.6) is 0 Å². The number of benzene rings is 1. The molecule has 0 aromatic heterocycles. The summed E-state index contributed by atoms with van der Waals surface area (Å²) in [6, 6.07) is 5.72. The minimum atomic E-state index is -0.110. The molecule has 0 saturated carbocycles. The quantitative estimate of drug-likeness (QED) is 0.718. The van der Waals surface area contributed by atoms with Crippen LogP contribution in [0.25, 0.3) is 0 Å². The Morgan fingerprint density at radius 1 is 1.53 bits per heavy atom. The molecule has 3 N–H and O–H groups in total. The molecule has 80 valence electrons. The Balaban J connectivity index is 2.18. The molecule has 1 aliphatic heterocycles. The second-order valence-electron chi connectivity index (χ2n) is 3.76. The molecule has 0 bridgehead atoms. The average molecular weight is 206 g/mol. The lowest BCUT2D eigenvalue weighted by atomic mass is 9.97. The number of carbonyl (C=O) groups excluding carboxylic acids is 1. The monoisotopic (exact) mass is 206 g/mol. The first-order chi connectivity index (χ1) is 7.16. The molecule has 15 heavy (non-hydrogen) atoms. The second kappa shape index (κ2) is 3.90. The number of nitrogen functional groups attached to an aromatic ring is 1. The highest BCUT2D eigenvalue weighted by molar-refractivity contribution is 5.92. The van der Waals surface area contributed by atoms with Crippen LogP contribution in [0.4, 0.5) is 11.4 Å². The number of rotatable bonds is 2. The molecule has 1 aliphatic rings. The minimum Gasteiger partial charge on any atom is -0.397 e. The molecule has 1 saturated heterocycles. The van der Waals surface area contributed by atoms with E-state index in [0.29, 0.717) is 17.3 Å². The molecule has 1 fully saturated rings. The predicted molar refractivity (Wildman–Crippen MR) is 58.7 cm³/mol. The van der Waals surface area contributed by atoms with Gasteiger partial charge in [-0.15, -0.1) is 0 Å². The highest BCUT2D eigenvalue weighted by Gasteiger charge is 2.20. The summed E-state index contributed by atoms with van der Waals surface area (Å²) < 4.78 is 5.11. The molecule has 4 heteroatoms. The van der Waals surface area contributed by atoms with E-state index in [4.69, 9.17) is 10.5 Å². The van der Waals surface area contributed by atoms with Gasteiger partial charge in [0.1, 0.15) is 0 Å². The van der Waals surface area contributed by atoms with Gasteiger partial charge in [-0.3, -0.25) is 4.79 Å². The first-order valence-corrected chi connectivity index (χ1v) is 4.91. The van der Waals surface area contributed by atoms with Gasteiger partial charge in [0.05, 0.1) is 24.6 Å². The van der Waals surface area contributed by atoms with E-state index in [1.165, 1.54) is 12.5 Å². The fourth-order valence-electron chi connectivity index (χ4n) is 1.57. The van der Waals surface area contributed by atoms with Crippen molar-refractivity contribution < 1.29 is 9.53 Å². The summed E-state index contributed by atoms with van der Waals surface area (Å²) in [5.41, 5.74) is 8.28. The summed E-state index contributed by atoms with van der Waals surface area (Å²) in [7, 11) is 0. The van der Waals surface area contributed by atoms with E-state index in [2.05, 4.69) is 5.32 Å². The third-order valence-corrected chi connectivity index (χ3v) is 2.50. The zero-order valence-electron chi connectivity index (χ0n) is 8.62. The van der Waals surface area contributed by atoms with Crippen LogP contribution in [0.1, 0.15) is 18.4 Å². The fraction of sp³-hybridized carbons (Fsp3) is 0.364. The summed E-state index contributed by atoms with van der Waals surface area (Å²) in [4.78, 5) is 10.9. The van der Waals surface area contributed by atoms with Gasteiger partial charge in [0.25, 0.3) is 0 Å². The van der Waals surface area contributed by atoms with E-state index < -0.39 is 0 Å². The summed E-state index contributed by atoms with van der Waals surface area (Å²) in [5, 5.41) is 2.68. The summed E-state index contributed by atoms with van der Waals surface area (Å²) in [5.74, 6) is 0.347. The highest BCUT2D eigenvalue weighted by Crippen LogP contribution is 2.28. The Hall–Kier alpha value is -1.55. The number of hydrogen-bond acceptors (Lipinski definition) is 3. The van der Waals surface area contributed by atoms with Crippen LogP contribution in [0.3, 0.4) is 0 Å². The maximum atomic E-state index is 10.9. The molecular weight excluding hydrogens is 192 g/mol. The maximum Gasteiger partial charge on any atom is 0.221 e. The van der Waals surface area contributed by atoms with Gasteiger partial charge in [0, 0.05) is 12.8 Å². The number of nitrogens with one attached hydrogen (secondary N) is 1. The molecule has 1 aromatic carbocycles. The first-order valence-electron chi connectivity index (χ1n) is 4.91. The van der Waals surface area contributed by atoms with Crippen LogP contribution in [0.15, 0.2) is 18.2 Å². The Morgan fingerprint density at radius 2 is 2.27 bits per heavy atom. The Bertz CT molecular complexity index is 386. The largest absolute Gasteiger partial charge is 0.397 e. The van der Waals surface area contributed by atoms with Crippen molar-refractivity contribution in [2.45, 2.75) is 12.8 Å². The molecule has 1 heterocycles. The highest BCUT2D eigenvalue weighted by atomic mass is 16.5. The number of nitrogens with two attached hydrogens (primary N) is 1. The molecule has 0 atom stereocenters. The van der Waals surface area contributed by atoms with Gasteiger partial charge in [-0.1, -0.05) is 6.07 Å². The predicted octanol–water partition coefficient (Wildman–Crippen LogP) is 1.34. The lowest BCUT2D eigenvalue weighted by molar-refractivity contribution is -0.114. The van der Waals surface area contributed by atoms with Gasteiger partial charge >= 0.3 is 0 Å². The number of hydrogen-bond donors (Lipinski definition) is 2. The lowest BCUT2D eigenvalue weighted by Crippen LogP contribution is -2.25. The second-order valence-corrected chi connectivity index (χ2v) is 3.76. The number of ether oxygens (including phenoxy) is 1. The Labute approximate surface area is 88.4 Å². The third-order valence-electron chi connectivity index (χ3n) is 2.50. The van der Waals surface area contributed by atoms with Crippen molar-refractivity contribution in [1.82, 2.24) is 0 Å². The first kappa shape index (κ1) is 9.98. The zero-order valence-corrected chi connectivity index (χ0v) is 8.62. The molecule has 2 rings (SSSR count). The van der Waals surface area contributed by atoms with Crippen LogP contribution in [0.2, 0.25) is 0 Å². The van der Waals surface area contributed by atoms with Crippen LogP contribution in [-0.2, 0) is 9.53 Å². The van der Waals surface area contributed by atoms with Crippen molar-refractivity contribution in [1.29, 1.82) is 0 Å². The third kappa shape index (κ3) is 2.10. The van der Waals surface area contributed by atoms with Gasteiger partial charge in [-0.25, -0.2) is 0 Å². The molecule has 0 radical (unpaired) electrons. The molecule has 4 nitrogen and oxygen atoms in total. The number of anilines is 2. The smallest absolute Gasteiger partial charge is 0.221 e. The van der Waals surface area contributed by atoms with Crippen LogP contribution >= 0.6 is 0 Å². The SMILES string of the molecule is CC(=O)Nc1ccc(C2COC2)cc1N. The Kier molecular flexibility index (Phi) is 2.60. The Morgan fingerprint density at radius 3 is 2.73 bits per heavy atom. The van der Waals surface area contributed by atoms with Crippen molar-refractivity contribution in [2.75, 3.05) is 24.3 Å². The van der Waals surface area contributed by atoms with E-state index in [0.717, 1.165) is 13.2 Å². The maximum absolute atomic E-state index is 10.9. The summed E-state index contributed by atoms with van der Waals surface area (Å²) >= 11 is 0. The van der Waals surface area contributed by atoms with Crippen molar-refractivity contribution in [3.05, 3.63) is 23.8 Å². The molecule has 0 spiro atoms. The van der Waals surface area contributed by atoms with Crippen LogP contribution in [-0.4, -0.2) is 19.1 Å². The normalized spacial score (nSPS) is 15.8. The van der Waals surface area contributed by atoms with Gasteiger partial charge in [-0.05, 0) is 17.7 Å².